The van der Waals surface area contributed by atoms with Crippen molar-refractivity contribution in [3.8, 4) is 0 Å². The van der Waals surface area contributed by atoms with Gasteiger partial charge in [0.25, 0.3) is 0 Å². The van der Waals surface area contributed by atoms with Crippen LogP contribution in [-0.4, -0.2) is 29.8 Å². The molecular weight excluding hydrogens is 187 g/mol. The highest BCUT2D eigenvalue weighted by Crippen LogP contribution is 2.26. The Kier molecular flexibility index (Phi) is 3.29. The van der Waals surface area contributed by atoms with Gasteiger partial charge in [0, 0.05) is 11.8 Å². The summed E-state index contributed by atoms with van der Waals surface area (Å²) in [5, 5.41) is 2.57. The molecule has 0 spiro atoms. The van der Waals surface area contributed by atoms with E-state index in [1.807, 2.05) is 0 Å². The Balaban J connectivity index is 2.52. The zero-order valence-corrected chi connectivity index (χ0v) is 7.63. The first-order valence-electron chi connectivity index (χ1n) is 3.90. The van der Waals surface area contributed by atoms with Crippen LogP contribution in [0.25, 0.3) is 0 Å². The second-order valence-corrected chi connectivity index (χ2v) is 4.18. The zero-order valence-electron chi connectivity index (χ0n) is 6.82. The highest BCUT2D eigenvalue weighted by atomic mass is 32.2. The molecule has 12 heavy (non-hydrogen) atoms. The summed E-state index contributed by atoms with van der Waals surface area (Å²) >= 11 is 1.37. The molecule has 0 amide bonds. The summed E-state index contributed by atoms with van der Waals surface area (Å²) in [7, 11) is 0. The molecule has 2 unspecified atom stereocenters. The van der Waals surface area contributed by atoms with Crippen LogP contribution in [0.15, 0.2) is 0 Å². The molecule has 2 atom stereocenters. The molecule has 1 saturated heterocycles. The minimum Gasteiger partial charge on any atom is -0.303 e. The fourth-order valence-corrected chi connectivity index (χ4v) is 2.33. The number of hydrogen-bond donors (Lipinski definition) is 1. The molecule has 1 aliphatic rings. The number of alkyl halides is 3. The van der Waals surface area contributed by atoms with E-state index in [2.05, 4.69) is 5.32 Å². The molecule has 0 aromatic carbocycles. The minimum atomic E-state index is -4.09. The average molecular weight is 199 g/mol. The van der Waals surface area contributed by atoms with Crippen molar-refractivity contribution in [3.63, 3.8) is 0 Å². The Labute approximate surface area is 74.1 Å². The highest BCUT2D eigenvalue weighted by molar-refractivity contribution is 7.99. The largest absolute Gasteiger partial charge is 0.404 e. The first-order chi connectivity index (χ1) is 5.50. The van der Waals surface area contributed by atoms with Crippen LogP contribution in [0.3, 0.4) is 0 Å². The van der Waals surface area contributed by atoms with E-state index < -0.39 is 12.2 Å². The van der Waals surface area contributed by atoms with E-state index in [0.717, 1.165) is 12.2 Å². The van der Waals surface area contributed by atoms with Crippen LogP contribution < -0.4 is 5.32 Å². The number of thioether (sulfide) groups is 1. The maximum atomic E-state index is 12.2. The number of hydrogen-bond acceptors (Lipinski definition) is 2. The highest BCUT2D eigenvalue weighted by Gasteiger charge is 2.40. The normalized spacial score (nSPS) is 33.0. The first-order valence-corrected chi connectivity index (χ1v) is 5.06. The maximum Gasteiger partial charge on any atom is 0.404 e. The predicted octanol–water partition coefficient (Wildman–Crippen LogP) is 2.03. The fraction of sp³-hybridized carbons (Fsp3) is 1.00. The van der Waals surface area contributed by atoms with Crippen LogP contribution in [-0.2, 0) is 0 Å². The van der Waals surface area contributed by atoms with E-state index >= 15 is 0 Å². The van der Waals surface area contributed by atoms with E-state index in [-0.39, 0.29) is 11.8 Å². The third-order valence-corrected chi connectivity index (χ3v) is 2.95. The predicted molar refractivity (Wildman–Crippen MR) is 44.4 cm³/mol. The average Bonchev–Trinajstić information content (AvgIpc) is 2.11. The van der Waals surface area contributed by atoms with Gasteiger partial charge in [-0.15, -0.1) is 0 Å². The summed E-state index contributed by atoms with van der Waals surface area (Å²) in [6.07, 6.45) is -3.27. The molecule has 0 aliphatic carbocycles. The monoisotopic (exact) mass is 199 g/mol. The van der Waals surface area contributed by atoms with Gasteiger partial charge in [0.15, 0.2) is 0 Å². The molecular formula is C7H12F3NS. The van der Waals surface area contributed by atoms with Gasteiger partial charge in [-0.1, -0.05) is 0 Å². The van der Waals surface area contributed by atoms with Crippen LogP contribution in [0.1, 0.15) is 13.3 Å². The summed E-state index contributed by atoms with van der Waals surface area (Å²) in [6, 6.07) is -1.34. The van der Waals surface area contributed by atoms with E-state index in [1.54, 1.807) is 6.92 Å². The molecule has 1 rings (SSSR count). The van der Waals surface area contributed by atoms with Crippen molar-refractivity contribution in [1.82, 2.24) is 5.32 Å². The maximum absolute atomic E-state index is 12.2. The molecule has 0 aromatic heterocycles. The van der Waals surface area contributed by atoms with E-state index in [9.17, 15) is 13.2 Å². The van der Waals surface area contributed by atoms with Crippen LogP contribution in [0.2, 0.25) is 0 Å². The lowest BCUT2D eigenvalue weighted by atomic mass is 10.2. The molecule has 0 radical (unpaired) electrons. The lowest BCUT2D eigenvalue weighted by molar-refractivity contribution is -0.151. The van der Waals surface area contributed by atoms with Gasteiger partial charge in [-0.2, -0.15) is 24.9 Å². The summed E-state index contributed by atoms with van der Waals surface area (Å²) < 4.78 is 36.7. The SMILES string of the molecule is CC1CCSCC(C(F)(F)F)N1. The topological polar surface area (TPSA) is 12.0 Å². The van der Waals surface area contributed by atoms with Gasteiger partial charge in [0.1, 0.15) is 6.04 Å². The Morgan fingerprint density at radius 2 is 2.08 bits per heavy atom. The Hall–Kier alpha value is 0.1000. The Bertz CT molecular complexity index is 148. The first kappa shape index (κ1) is 10.2. The van der Waals surface area contributed by atoms with Gasteiger partial charge in [-0.05, 0) is 19.1 Å². The van der Waals surface area contributed by atoms with Crippen molar-refractivity contribution in [1.29, 1.82) is 0 Å². The summed E-state index contributed by atoms with van der Waals surface area (Å²) in [5.41, 5.74) is 0. The molecule has 1 N–H and O–H groups in total. The second kappa shape index (κ2) is 3.87. The molecule has 1 nitrogen and oxygen atoms in total. The third-order valence-electron chi connectivity index (χ3n) is 1.86. The van der Waals surface area contributed by atoms with E-state index in [1.165, 1.54) is 11.8 Å². The van der Waals surface area contributed by atoms with Gasteiger partial charge in [-0.25, -0.2) is 0 Å². The molecule has 0 saturated carbocycles. The van der Waals surface area contributed by atoms with Gasteiger partial charge < -0.3 is 5.32 Å². The van der Waals surface area contributed by atoms with Crippen molar-refractivity contribution in [2.24, 2.45) is 0 Å². The molecule has 1 aliphatic heterocycles. The molecule has 1 heterocycles. The van der Waals surface area contributed by atoms with E-state index in [0.29, 0.717) is 0 Å². The summed E-state index contributed by atoms with van der Waals surface area (Å²) in [6.45, 7) is 1.80. The minimum absolute atomic E-state index is 0.0216. The van der Waals surface area contributed by atoms with E-state index in [4.69, 9.17) is 0 Å². The van der Waals surface area contributed by atoms with Gasteiger partial charge in [-0.3, -0.25) is 0 Å². The van der Waals surface area contributed by atoms with Crippen LogP contribution in [0.4, 0.5) is 13.2 Å². The van der Waals surface area contributed by atoms with Crippen molar-refractivity contribution >= 4 is 11.8 Å². The molecule has 0 bridgehead atoms. The van der Waals surface area contributed by atoms with Crippen molar-refractivity contribution < 1.29 is 13.2 Å². The summed E-state index contributed by atoms with van der Waals surface area (Å²) in [4.78, 5) is 0. The van der Waals surface area contributed by atoms with Crippen molar-refractivity contribution in [2.75, 3.05) is 11.5 Å². The van der Waals surface area contributed by atoms with Crippen molar-refractivity contribution in [2.45, 2.75) is 31.6 Å². The number of rotatable bonds is 0. The third kappa shape index (κ3) is 2.86. The lowest BCUT2D eigenvalue weighted by Crippen LogP contribution is -2.46. The zero-order chi connectivity index (χ0) is 9.19. The van der Waals surface area contributed by atoms with Gasteiger partial charge >= 0.3 is 6.18 Å². The molecule has 5 heteroatoms. The van der Waals surface area contributed by atoms with Gasteiger partial charge in [0.05, 0.1) is 0 Å². The van der Waals surface area contributed by atoms with Gasteiger partial charge in [0.2, 0.25) is 0 Å². The summed E-state index contributed by atoms with van der Waals surface area (Å²) in [5.74, 6) is 0.967. The van der Waals surface area contributed by atoms with Crippen LogP contribution >= 0.6 is 11.8 Å². The van der Waals surface area contributed by atoms with Crippen molar-refractivity contribution in [3.05, 3.63) is 0 Å². The molecule has 72 valence electrons. The lowest BCUT2D eigenvalue weighted by Gasteiger charge is -2.21. The fourth-order valence-electron chi connectivity index (χ4n) is 1.13. The van der Waals surface area contributed by atoms with Crippen LogP contribution in [0, 0.1) is 0 Å². The number of nitrogens with one attached hydrogen (secondary N) is 1. The standard InChI is InChI=1S/C7H12F3NS/c1-5-2-3-12-4-6(11-5)7(8,9)10/h5-6,11H,2-4H2,1H3. The number of halogens is 3. The Morgan fingerprint density at radius 1 is 1.42 bits per heavy atom. The molecule has 1 fully saturated rings. The Morgan fingerprint density at radius 3 is 2.67 bits per heavy atom. The molecule has 0 aromatic rings. The smallest absolute Gasteiger partial charge is 0.303 e. The quantitative estimate of drug-likeness (QED) is 0.640. The second-order valence-electron chi connectivity index (χ2n) is 3.03. The van der Waals surface area contributed by atoms with Crippen LogP contribution in [0.5, 0.6) is 0 Å².